The van der Waals surface area contributed by atoms with Crippen LogP contribution in [0.3, 0.4) is 0 Å². The standard InChI is InChI=1S/C28H27N3O3/c1-19-11-12-20(17-29-19)18-30-28(34)23-13-14-25-24(16-23)15-22(9-5-6-10-26(32)33)27(31-25)21-7-3-2-4-8-21/h2-4,7-8,11-17H,5-6,9-10,18H2,1H3,(H,30,34)(H,32,33). The molecule has 172 valence electrons. The summed E-state index contributed by atoms with van der Waals surface area (Å²) in [5.41, 5.74) is 6.22. The lowest BCUT2D eigenvalue weighted by Gasteiger charge is -2.12. The summed E-state index contributed by atoms with van der Waals surface area (Å²) in [5.74, 6) is -0.936. The maximum Gasteiger partial charge on any atom is 0.303 e. The highest BCUT2D eigenvalue weighted by Gasteiger charge is 2.12. The van der Waals surface area contributed by atoms with Crippen molar-refractivity contribution in [2.45, 2.75) is 39.2 Å². The Kier molecular flexibility index (Phi) is 7.28. The fraction of sp³-hybridized carbons (Fsp3) is 0.214. The number of rotatable bonds is 9. The van der Waals surface area contributed by atoms with Crippen LogP contribution >= 0.6 is 0 Å². The number of nitrogens with zero attached hydrogens (tertiary/aromatic N) is 2. The Hall–Kier alpha value is -4.06. The molecule has 0 spiro atoms. The van der Waals surface area contributed by atoms with Gasteiger partial charge in [-0.15, -0.1) is 0 Å². The van der Waals surface area contributed by atoms with Crippen LogP contribution in [0.1, 0.15) is 46.4 Å². The molecule has 2 aromatic heterocycles. The van der Waals surface area contributed by atoms with Gasteiger partial charge in [-0.3, -0.25) is 14.6 Å². The first kappa shape index (κ1) is 23.1. The van der Waals surface area contributed by atoms with E-state index in [9.17, 15) is 9.59 Å². The smallest absolute Gasteiger partial charge is 0.303 e. The molecule has 0 saturated heterocycles. The minimum absolute atomic E-state index is 0.155. The number of fused-ring (bicyclic) bond motifs is 1. The number of hydrogen-bond donors (Lipinski definition) is 2. The quantitative estimate of drug-likeness (QED) is 0.334. The molecule has 6 nitrogen and oxygen atoms in total. The second kappa shape index (κ2) is 10.7. The van der Waals surface area contributed by atoms with Crippen LogP contribution in [-0.4, -0.2) is 27.0 Å². The average Bonchev–Trinajstić information content (AvgIpc) is 2.85. The number of unbranched alkanes of at least 4 members (excludes halogenated alkanes) is 1. The van der Waals surface area contributed by atoms with Crippen LogP contribution in [0.15, 0.2) is 72.9 Å². The highest BCUT2D eigenvalue weighted by atomic mass is 16.4. The Morgan fingerprint density at radius 2 is 1.79 bits per heavy atom. The summed E-state index contributed by atoms with van der Waals surface area (Å²) >= 11 is 0. The first-order chi connectivity index (χ1) is 16.5. The van der Waals surface area contributed by atoms with Crippen LogP contribution in [0.2, 0.25) is 0 Å². The highest BCUT2D eigenvalue weighted by Crippen LogP contribution is 2.28. The predicted octanol–water partition coefficient (Wildman–Crippen LogP) is 5.33. The third kappa shape index (κ3) is 5.84. The summed E-state index contributed by atoms with van der Waals surface area (Å²) in [4.78, 5) is 32.8. The van der Waals surface area contributed by atoms with Crippen LogP contribution in [0.5, 0.6) is 0 Å². The number of carboxylic acid groups (broad SMARTS) is 1. The van der Waals surface area contributed by atoms with Crippen LogP contribution in [0.4, 0.5) is 0 Å². The third-order valence-electron chi connectivity index (χ3n) is 5.72. The molecule has 4 rings (SSSR count). The molecule has 0 aliphatic heterocycles. The van der Waals surface area contributed by atoms with Crippen molar-refractivity contribution in [2.75, 3.05) is 0 Å². The number of hydrogen-bond acceptors (Lipinski definition) is 4. The van der Waals surface area contributed by atoms with Gasteiger partial charge in [0.05, 0.1) is 11.2 Å². The first-order valence-electron chi connectivity index (χ1n) is 11.4. The summed E-state index contributed by atoms with van der Waals surface area (Å²) in [6.45, 7) is 2.33. The van der Waals surface area contributed by atoms with E-state index < -0.39 is 5.97 Å². The normalized spacial score (nSPS) is 10.9. The molecule has 0 unspecified atom stereocenters. The van der Waals surface area contributed by atoms with E-state index in [1.807, 2.05) is 61.5 Å². The van der Waals surface area contributed by atoms with Gasteiger partial charge < -0.3 is 10.4 Å². The minimum atomic E-state index is -0.781. The molecule has 0 atom stereocenters. The molecule has 0 bridgehead atoms. The van der Waals surface area contributed by atoms with Gasteiger partial charge >= 0.3 is 5.97 Å². The van der Waals surface area contributed by atoms with Crippen molar-refractivity contribution in [2.24, 2.45) is 0 Å². The number of carboxylic acids is 1. The number of aromatic nitrogens is 2. The van der Waals surface area contributed by atoms with Crippen LogP contribution < -0.4 is 5.32 Å². The van der Waals surface area contributed by atoms with Gasteiger partial charge in [0.25, 0.3) is 5.91 Å². The maximum atomic E-state index is 12.8. The Labute approximate surface area is 198 Å². The van der Waals surface area contributed by atoms with Gasteiger partial charge in [-0.25, -0.2) is 4.98 Å². The monoisotopic (exact) mass is 453 g/mol. The van der Waals surface area contributed by atoms with E-state index >= 15 is 0 Å². The molecule has 34 heavy (non-hydrogen) atoms. The molecule has 6 heteroatoms. The van der Waals surface area contributed by atoms with E-state index in [1.54, 1.807) is 12.3 Å². The summed E-state index contributed by atoms with van der Waals surface area (Å²) in [5, 5.41) is 12.8. The van der Waals surface area contributed by atoms with E-state index in [4.69, 9.17) is 10.1 Å². The molecule has 0 radical (unpaired) electrons. The van der Waals surface area contributed by atoms with Crippen molar-refractivity contribution in [3.05, 3.63) is 95.3 Å². The van der Waals surface area contributed by atoms with Gasteiger partial charge in [0, 0.05) is 41.4 Å². The largest absolute Gasteiger partial charge is 0.481 e. The molecule has 2 heterocycles. The number of carbonyl (C=O) groups is 2. The van der Waals surface area contributed by atoms with Gasteiger partial charge in [0.2, 0.25) is 0 Å². The van der Waals surface area contributed by atoms with E-state index in [0.717, 1.165) is 51.8 Å². The van der Waals surface area contributed by atoms with Crippen molar-refractivity contribution in [1.82, 2.24) is 15.3 Å². The first-order valence-corrected chi connectivity index (χ1v) is 11.4. The molecular formula is C28H27N3O3. The van der Waals surface area contributed by atoms with Gasteiger partial charge in [0.1, 0.15) is 0 Å². The van der Waals surface area contributed by atoms with Crippen molar-refractivity contribution in [3.63, 3.8) is 0 Å². The Morgan fingerprint density at radius 1 is 0.971 bits per heavy atom. The summed E-state index contributed by atoms with van der Waals surface area (Å²) in [7, 11) is 0. The molecule has 4 aromatic rings. The number of benzene rings is 2. The maximum absolute atomic E-state index is 12.8. The zero-order valence-corrected chi connectivity index (χ0v) is 19.1. The summed E-state index contributed by atoms with van der Waals surface area (Å²) in [6.07, 6.45) is 4.00. The number of aryl methyl sites for hydroxylation is 2. The Balaban J connectivity index is 1.58. The molecule has 2 aromatic carbocycles. The highest BCUT2D eigenvalue weighted by molar-refractivity contribution is 5.98. The predicted molar refractivity (Wildman–Crippen MR) is 133 cm³/mol. The average molecular weight is 454 g/mol. The van der Waals surface area contributed by atoms with Crippen molar-refractivity contribution in [1.29, 1.82) is 0 Å². The SMILES string of the molecule is Cc1ccc(CNC(=O)c2ccc3nc(-c4ccccc4)c(CCCCC(=O)O)cc3c2)cn1. The lowest BCUT2D eigenvalue weighted by atomic mass is 9.98. The molecule has 0 fully saturated rings. The van der Waals surface area contributed by atoms with E-state index in [2.05, 4.69) is 16.4 Å². The van der Waals surface area contributed by atoms with E-state index in [1.165, 1.54) is 0 Å². The van der Waals surface area contributed by atoms with Crippen molar-refractivity contribution in [3.8, 4) is 11.3 Å². The second-order valence-corrected chi connectivity index (χ2v) is 8.36. The third-order valence-corrected chi connectivity index (χ3v) is 5.72. The number of nitrogens with one attached hydrogen (secondary N) is 1. The molecule has 1 amide bonds. The molecule has 0 aliphatic carbocycles. The van der Waals surface area contributed by atoms with Crippen molar-refractivity contribution >= 4 is 22.8 Å². The zero-order valence-electron chi connectivity index (χ0n) is 19.1. The molecular weight excluding hydrogens is 426 g/mol. The number of amides is 1. The van der Waals surface area contributed by atoms with Crippen LogP contribution in [0.25, 0.3) is 22.2 Å². The van der Waals surface area contributed by atoms with E-state index in [-0.39, 0.29) is 12.3 Å². The van der Waals surface area contributed by atoms with Crippen LogP contribution in [0, 0.1) is 6.92 Å². The van der Waals surface area contributed by atoms with Gasteiger partial charge in [0.15, 0.2) is 0 Å². The van der Waals surface area contributed by atoms with Gasteiger partial charge in [-0.1, -0.05) is 36.4 Å². The summed E-state index contributed by atoms with van der Waals surface area (Å²) in [6, 6.07) is 21.4. The lowest BCUT2D eigenvalue weighted by molar-refractivity contribution is -0.137. The topological polar surface area (TPSA) is 92.2 Å². The molecule has 0 saturated carbocycles. The van der Waals surface area contributed by atoms with Crippen molar-refractivity contribution < 1.29 is 14.7 Å². The van der Waals surface area contributed by atoms with E-state index in [0.29, 0.717) is 18.5 Å². The Bertz CT molecular complexity index is 1300. The minimum Gasteiger partial charge on any atom is -0.481 e. The van der Waals surface area contributed by atoms with Gasteiger partial charge in [-0.05, 0) is 67.6 Å². The summed E-state index contributed by atoms with van der Waals surface area (Å²) < 4.78 is 0. The number of carbonyl (C=O) groups excluding carboxylic acids is 1. The Morgan fingerprint density at radius 3 is 2.53 bits per heavy atom. The number of pyridine rings is 2. The fourth-order valence-electron chi connectivity index (χ4n) is 3.88. The number of aliphatic carboxylic acids is 1. The second-order valence-electron chi connectivity index (χ2n) is 8.36. The van der Waals surface area contributed by atoms with Gasteiger partial charge in [-0.2, -0.15) is 0 Å². The fourth-order valence-corrected chi connectivity index (χ4v) is 3.88. The van der Waals surface area contributed by atoms with Crippen LogP contribution in [-0.2, 0) is 17.8 Å². The molecule has 2 N–H and O–H groups in total. The molecule has 0 aliphatic rings. The lowest BCUT2D eigenvalue weighted by Crippen LogP contribution is -2.22. The zero-order chi connectivity index (χ0) is 23.9.